The van der Waals surface area contributed by atoms with Gasteiger partial charge < -0.3 is 15.1 Å². The van der Waals surface area contributed by atoms with Crippen LogP contribution in [0.5, 0.6) is 0 Å². The van der Waals surface area contributed by atoms with Crippen molar-refractivity contribution in [1.82, 2.24) is 34.5 Å². The van der Waals surface area contributed by atoms with E-state index in [0.29, 0.717) is 17.5 Å². The van der Waals surface area contributed by atoms with E-state index in [1.807, 2.05) is 82.3 Å². The van der Waals surface area contributed by atoms with Gasteiger partial charge in [0.25, 0.3) is 11.9 Å². The Bertz CT molecular complexity index is 2490. The van der Waals surface area contributed by atoms with Crippen molar-refractivity contribution in [1.29, 1.82) is 0 Å². The lowest BCUT2D eigenvalue weighted by molar-refractivity contribution is -0.156. The van der Waals surface area contributed by atoms with Crippen LogP contribution in [0, 0.1) is 51.4 Å². The predicted molar refractivity (Wildman–Crippen MR) is 199 cm³/mol. The van der Waals surface area contributed by atoms with E-state index in [2.05, 4.69) is 46.9 Å². The maximum Gasteiger partial charge on any atom is 0.308 e. The van der Waals surface area contributed by atoms with E-state index < -0.39 is 35.6 Å². The molecule has 12 nitrogen and oxygen atoms in total. The van der Waals surface area contributed by atoms with Crippen molar-refractivity contribution in [2.24, 2.45) is 11.8 Å². The number of benzene rings is 3. The van der Waals surface area contributed by atoms with Gasteiger partial charge in [0.1, 0.15) is 0 Å². The quantitative estimate of drug-likeness (QED) is 0.193. The van der Waals surface area contributed by atoms with Crippen molar-refractivity contribution in [2.45, 2.75) is 53.4 Å². The molecule has 4 atom stereocenters. The topological polar surface area (TPSA) is 152 Å². The van der Waals surface area contributed by atoms with E-state index in [1.165, 1.54) is 0 Å². The summed E-state index contributed by atoms with van der Waals surface area (Å²) in [6, 6.07) is 19.7. The highest BCUT2D eigenvalue weighted by Gasteiger charge is 2.55. The molecular weight excluding hydrogens is 669 g/mol. The molecule has 0 aliphatic heterocycles. The summed E-state index contributed by atoms with van der Waals surface area (Å²) < 4.78 is 3.32. The van der Waals surface area contributed by atoms with E-state index in [-0.39, 0.29) is 5.82 Å². The van der Waals surface area contributed by atoms with Crippen LogP contribution in [0.2, 0.25) is 0 Å². The number of anilines is 1. The second-order valence-corrected chi connectivity index (χ2v) is 13.8. The Hall–Kier alpha value is -6.35. The summed E-state index contributed by atoms with van der Waals surface area (Å²) >= 11 is 0. The minimum atomic E-state index is -1.12. The van der Waals surface area contributed by atoms with Crippen molar-refractivity contribution < 1.29 is 19.8 Å². The number of carboxylic acids is 2. The summed E-state index contributed by atoms with van der Waals surface area (Å²) in [5.41, 5.74) is 8.47. The van der Waals surface area contributed by atoms with Gasteiger partial charge in [-0.1, -0.05) is 30.2 Å². The van der Waals surface area contributed by atoms with Crippen molar-refractivity contribution in [3.8, 4) is 23.7 Å². The normalized spacial score (nSPS) is 18.3. The van der Waals surface area contributed by atoms with Crippen LogP contribution < -0.4 is 4.90 Å². The van der Waals surface area contributed by atoms with Crippen LogP contribution in [-0.2, 0) is 9.59 Å². The Kier molecular flexibility index (Phi) is 8.09. The third-order valence-corrected chi connectivity index (χ3v) is 10.6. The van der Waals surface area contributed by atoms with E-state index in [1.54, 1.807) is 9.36 Å². The maximum atomic E-state index is 12.9. The summed E-state index contributed by atoms with van der Waals surface area (Å²) in [7, 11) is 0. The monoisotopic (exact) mass is 706 g/mol. The summed E-state index contributed by atoms with van der Waals surface area (Å²) in [5, 5.41) is 32.0. The van der Waals surface area contributed by atoms with Gasteiger partial charge in [0.05, 0.1) is 23.2 Å². The molecule has 0 spiro atoms. The maximum absolute atomic E-state index is 12.9. The molecule has 0 saturated heterocycles. The van der Waals surface area contributed by atoms with Gasteiger partial charge in [0, 0.05) is 53.0 Å². The summed E-state index contributed by atoms with van der Waals surface area (Å²) in [5.74, 6) is 1.71. The molecule has 12 heteroatoms. The number of carboxylic acid groups (broad SMARTS) is 2. The zero-order valence-electron chi connectivity index (χ0n) is 30.3. The largest absolute Gasteiger partial charge is 0.481 e. The zero-order chi connectivity index (χ0) is 37.3. The molecule has 0 fully saturated rings. The fourth-order valence-corrected chi connectivity index (χ4v) is 8.48. The van der Waals surface area contributed by atoms with Gasteiger partial charge >= 0.3 is 11.9 Å². The van der Waals surface area contributed by atoms with Crippen LogP contribution >= 0.6 is 0 Å². The van der Waals surface area contributed by atoms with Gasteiger partial charge in [-0.05, 0) is 112 Å². The van der Waals surface area contributed by atoms with Gasteiger partial charge in [-0.25, -0.2) is 9.36 Å². The average Bonchev–Trinajstić information content (AvgIpc) is 3.67. The summed E-state index contributed by atoms with van der Waals surface area (Å²) in [4.78, 5) is 42.1. The van der Waals surface area contributed by atoms with Gasteiger partial charge in [-0.2, -0.15) is 25.1 Å². The smallest absolute Gasteiger partial charge is 0.308 e. The zero-order valence-corrected chi connectivity index (χ0v) is 30.3. The molecule has 0 radical (unpaired) electrons. The van der Waals surface area contributed by atoms with Crippen LogP contribution in [0.3, 0.4) is 0 Å². The van der Waals surface area contributed by atoms with E-state index in [0.717, 1.165) is 74.6 Å². The average molecular weight is 707 g/mol. The molecule has 3 aromatic carbocycles. The number of hydrogen-bond donors (Lipinski definition) is 2. The Morgan fingerprint density at radius 2 is 1.19 bits per heavy atom. The minimum absolute atomic E-state index is 0.229. The van der Waals surface area contributed by atoms with Crippen LogP contribution in [-0.4, -0.2) is 69.8 Å². The predicted octanol–water partition coefficient (Wildman–Crippen LogP) is 5.87. The Balaban J connectivity index is 1.35. The van der Waals surface area contributed by atoms with E-state index >= 15 is 0 Å². The second kappa shape index (κ2) is 12.7. The molecule has 9 rings (SSSR count). The molecule has 0 saturated carbocycles. The van der Waals surface area contributed by atoms with Gasteiger partial charge in [-0.3, -0.25) is 9.59 Å². The van der Waals surface area contributed by atoms with Crippen molar-refractivity contribution in [3.05, 3.63) is 117 Å². The number of carbonyl (C=O) groups is 2. The first-order valence-electron chi connectivity index (χ1n) is 17.7. The van der Waals surface area contributed by atoms with Crippen LogP contribution in [0.25, 0.3) is 22.7 Å². The molecule has 2 N–H and O–H groups in total. The van der Waals surface area contributed by atoms with Crippen LogP contribution in [0.4, 0.5) is 5.69 Å². The highest BCUT2D eigenvalue weighted by molar-refractivity contribution is 6.00. The number of hydrogen-bond acceptors (Lipinski definition) is 8. The SMILES string of the molecule is CCN(CC)c1ccc(C#Cc2nc(-n3nc(C)cc3C)nc(-n3nc(C)cc3C)n2)c2cc3c(cc12)C1c2ccccc2C3C(C(=O)O)C1C(=O)O. The molecule has 3 aliphatic carbocycles. The molecule has 3 heterocycles. The first-order chi connectivity index (χ1) is 25.5. The highest BCUT2D eigenvalue weighted by atomic mass is 16.4. The fraction of sp³-hybridized carbons (Fsp3) is 0.293. The Labute approximate surface area is 306 Å². The molecule has 3 aliphatic rings. The first kappa shape index (κ1) is 33.8. The second-order valence-electron chi connectivity index (χ2n) is 13.8. The van der Waals surface area contributed by atoms with E-state index in [9.17, 15) is 19.8 Å². The molecular formula is C41H38N8O4. The number of nitrogens with zero attached hydrogens (tertiary/aromatic N) is 8. The number of fused-ring (bicyclic) bond motifs is 2. The molecule has 6 aromatic rings. The minimum Gasteiger partial charge on any atom is -0.481 e. The number of aromatic nitrogens is 7. The van der Waals surface area contributed by atoms with Crippen LogP contribution in [0.1, 0.15) is 82.1 Å². The third kappa shape index (κ3) is 5.42. The van der Waals surface area contributed by atoms with Crippen molar-refractivity contribution in [3.63, 3.8) is 0 Å². The molecule has 266 valence electrons. The van der Waals surface area contributed by atoms with Gasteiger partial charge in [-0.15, -0.1) is 0 Å². The van der Waals surface area contributed by atoms with Gasteiger partial charge in [0.2, 0.25) is 5.82 Å². The molecule has 0 amide bonds. The lowest BCUT2D eigenvalue weighted by atomic mass is 9.54. The molecule has 53 heavy (non-hydrogen) atoms. The summed E-state index contributed by atoms with van der Waals surface area (Å²) in [6.45, 7) is 13.4. The first-order valence-corrected chi connectivity index (χ1v) is 17.7. The highest BCUT2D eigenvalue weighted by Crippen LogP contribution is 2.59. The van der Waals surface area contributed by atoms with Crippen molar-refractivity contribution >= 4 is 28.4 Å². The summed E-state index contributed by atoms with van der Waals surface area (Å²) in [6.07, 6.45) is 0. The Morgan fingerprint density at radius 1 is 0.679 bits per heavy atom. The molecule has 3 aromatic heterocycles. The van der Waals surface area contributed by atoms with Gasteiger partial charge in [0.15, 0.2) is 0 Å². The van der Waals surface area contributed by atoms with Crippen molar-refractivity contribution in [2.75, 3.05) is 18.0 Å². The van der Waals surface area contributed by atoms with Crippen LogP contribution in [0.15, 0.2) is 60.7 Å². The fourth-order valence-electron chi connectivity index (χ4n) is 8.48. The van der Waals surface area contributed by atoms with E-state index in [4.69, 9.17) is 15.0 Å². The molecule has 2 bridgehead atoms. The molecule has 4 unspecified atom stereocenters. The number of rotatable bonds is 7. The third-order valence-electron chi connectivity index (χ3n) is 10.6. The number of aryl methyl sites for hydroxylation is 4. The number of aliphatic carboxylic acids is 2. The lowest BCUT2D eigenvalue weighted by Crippen LogP contribution is -2.47. The lowest BCUT2D eigenvalue weighted by Gasteiger charge is -2.47. The Morgan fingerprint density at radius 3 is 1.64 bits per heavy atom. The standard InChI is InChI=1S/C41H38N8O4/c1-7-47(8-2)32-15-13-25(14-16-33-42-40(48-23(5)17-21(3)45-48)44-41(43-33)49-24(6)18-22(4)46-49)28-19-30-31(20-29(28)32)35-27-12-10-9-11-26(27)34(30)36(38(50)51)37(35)39(52)53/h9-13,15,17-20,34-37H,7-8H2,1-6H3,(H,50,51)(H,52,53).